The van der Waals surface area contributed by atoms with E-state index in [0.29, 0.717) is 24.4 Å². The zero-order valence-corrected chi connectivity index (χ0v) is 13.8. The summed E-state index contributed by atoms with van der Waals surface area (Å²) in [4.78, 5) is 17.9. The molecule has 22 heavy (non-hydrogen) atoms. The lowest BCUT2D eigenvalue weighted by molar-refractivity contribution is 0.0942. The van der Waals surface area contributed by atoms with Gasteiger partial charge in [0.15, 0.2) is 0 Å². The molecule has 0 aliphatic rings. The van der Waals surface area contributed by atoms with Crippen molar-refractivity contribution < 1.29 is 9.90 Å². The molecule has 0 fully saturated rings. The van der Waals surface area contributed by atoms with Gasteiger partial charge < -0.3 is 10.4 Å². The Morgan fingerprint density at radius 3 is 2.82 bits per heavy atom. The number of aryl methyl sites for hydroxylation is 1. The van der Waals surface area contributed by atoms with Crippen molar-refractivity contribution >= 4 is 17.2 Å². The fraction of sp³-hybridized carbons (Fsp3) is 0.412. The molecule has 0 aliphatic heterocycles. The number of amides is 1. The van der Waals surface area contributed by atoms with E-state index in [9.17, 15) is 4.79 Å². The van der Waals surface area contributed by atoms with Crippen LogP contribution >= 0.6 is 11.3 Å². The summed E-state index contributed by atoms with van der Waals surface area (Å²) >= 11 is 1.63. The van der Waals surface area contributed by atoms with Crippen molar-refractivity contribution in [2.45, 2.75) is 26.7 Å². The van der Waals surface area contributed by atoms with Gasteiger partial charge in [-0.3, -0.25) is 9.78 Å². The average molecular weight is 318 g/mol. The Hall–Kier alpha value is -1.72. The monoisotopic (exact) mass is 318 g/mol. The molecule has 0 aromatic carbocycles. The Kier molecular flexibility index (Phi) is 6.10. The number of nitrogens with zero attached hydrogens (tertiary/aromatic N) is 1. The number of aliphatic hydroxyl groups excluding tert-OH is 1. The first-order valence-electron chi connectivity index (χ1n) is 7.56. The molecule has 5 heteroatoms. The summed E-state index contributed by atoms with van der Waals surface area (Å²) in [6.45, 7) is 4.67. The summed E-state index contributed by atoms with van der Waals surface area (Å²) < 4.78 is 0. The first kappa shape index (κ1) is 16.6. The molecular weight excluding hydrogens is 296 g/mol. The molecule has 2 N–H and O–H groups in total. The highest BCUT2D eigenvalue weighted by Crippen LogP contribution is 2.23. The summed E-state index contributed by atoms with van der Waals surface area (Å²) in [6, 6.07) is 7.73. The second-order valence-electron chi connectivity index (χ2n) is 5.30. The zero-order valence-electron chi connectivity index (χ0n) is 13.0. The minimum Gasteiger partial charge on any atom is -0.396 e. The fourth-order valence-corrected chi connectivity index (χ4v) is 3.02. The van der Waals surface area contributed by atoms with E-state index in [2.05, 4.69) is 17.2 Å². The number of hydrogen-bond donors (Lipinski definition) is 2. The SMILES string of the molecule is CCC(CCO)CNC(=O)c1ccc(-c2cccs2)nc1C. The molecule has 1 amide bonds. The Labute approximate surface area is 135 Å². The maximum absolute atomic E-state index is 12.3. The van der Waals surface area contributed by atoms with Crippen LogP contribution < -0.4 is 5.32 Å². The quantitative estimate of drug-likeness (QED) is 0.823. The van der Waals surface area contributed by atoms with Crippen LogP contribution in [0.4, 0.5) is 0 Å². The predicted octanol–water partition coefficient (Wildman–Crippen LogP) is 3.26. The third-order valence-corrected chi connectivity index (χ3v) is 4.66. The summed E-state index contributed by atoms with van der Waals surface area (Å²) in [6.07, 6.45) is 1.65. The van der Waals surface area contributed by atoms with Crippen molar-refractivity contribution in [2.24, 2.45) is 5.92 Å². The topological polar surface area (TPSA) is 62.2 Å². The van der Waals surface area contributed by atoms with E-state index in [1.807, 2.05) is 36.6 Å². The van der Waals surface area contributed by atoms with Gasteiger partial charge in [-0.2, -0.15) is 0 Å². The van der Waals surface area contributed by atoms with Crippen LogP contribution in [-0.2, 0) is 0 Å². The van der Waals surface area contributed by atoms with E-state index in [1.54, 1.807) is 11.3 Å². The molecule has 1 atom stereocenters. The smallest absolute Gasteiger partial charge is 0.253 e. The van der Waals surface area contributed by atoms with Gasteiger partial charge in [0.05, 0.1) is 21.8 Å². The van der Waals surface area contributed by atoms with Crippen molar-refractivity contribution in [3.63, 3.8) is 0 Å². The number of thiophene rings is 1. The second-order valence-corrected chi connectivity index (χ2v) is 6.25. The van der Waals surface area contributed by atoms with Crippen molar-refractivity contribution in [3.8, 4) is 10.6 Å². The van der Waals surface area contributed by atoms with Gasteiger partial charge >= 0.3 is 0 Å². The number of aromatic nitrogens is 1. The van der Waals surface area contributed by atoms with E-state index in [0.717, 1.165) is 22.7 Å². The van der Waals surface area contributed by atoms with E-state index < -0.39 is 0 Å². The number of carbonyl (C=O) groups excluding carboxylic acids is 1. The molecule has 0 radical (unpaired) electrons. The van der Waals surface area contributed by atoms with Crippen LogP contribution in [0.3, 0.4) is 0 Å². The van der Waals surface area contributed by atoms with Gasteiger partial charge in [0.1, 0.15) is 0 Å². The van der Waals surface area contributed by atoms with Gasteiger partial charge in [0, 0.05) is 13.2 Å². The van der Waals surface area contributed by atoms with Crippen LogP contribution in [0.5, 0.6) is 0 Å². The highest BCUT2D eigenvalue weighted by atomic mass is 32.1. The number of aliphatic hydroxyl groups is 1. The van der Waals surface area contributed by atoms with Crippen molar-refractivity contribution in [1.82, 2.24) is 10.3 Å². The van der Waals surface area contributed by atoms with Crippen molar-refractivity contribution in [1.29, 1.82) is 0 Å². The first-order chi connectivity index (χ1) is 10.7. The number of hydrogen-bond acceptors (Lipinski definition) is 4. The highest BCUT2D eigenvalue weighted by Gasteiger charge is 2.13. The minimum absolute atomic E-state index is 0.0980. The van der Waals surface area contributed by atoms with Gasteiger partial charge in [-0.1, -0.05) is 19.4 Å². The van der Waals surface area contributed by atoms with Gasteiger partial charge in [-0.05, 0) is 42.8 Å². The maximum atomic E-state index is 12.3. The Bertz CT molecular complexity index is 611. The third-order valence-electron chi connectivity index (χ3n) is 3.77. The highest BCUT2D eigenvalue weighted by molar-refractivity contribution is 7.13. The Morgan fingerprint density at radius 1 is 1.41 bits per heavy atom. The second kappa shape index (κ2) is 8.06. The lowest BCUT2D eigenvalue weighted by Gasteiger charge is -2.15. The van der Waals surface area contributed by atoms with Crippen molar-refractivity contribution in [3.05, 3.63) is 40.9 Å². The molecule has 0 saturated heterocycles. The number of rotatable bonds is 7. The third kappa shape index (κ3) is 4.15. The zero-order chi connectivity index (χ0) is 15.9. The molecule has 118 valence electrons. The molecule has 1 unspecified atom stereocenters. The average Bonchev–Trinajstić information content (AvgIpc) is 3.05. The van der Waals surface area contributed by atoms with Crippen molar-refractivity contribution in [2.75, 3.05) is 13.2 Å². The van der Waals surface area contributed by atoms with Gasteiger partial charge in [0.25, 0.3) is 5.91 Å². The van der Waals surface area contributed by atoms with Crippen LogP contribution in [0, 0.1) is 12.8 Å². The van der Waals surface area contributed by atoms with Gasteiger partial charge in [-0.25, -0.2) is 0 Å². The standard InChI is InChI=1S/C17H22N2O2S/c1-3-13(8-9-20)11-18-17(21)14-6-7-15(19-12(14)2)16-5-4-10-22-16/h4-7,10,13,20H,3,8-9,11H2,1-2H3,(H,18,21). The maximum Gasteiger partial charge on any atom is 0.253 e. The molecule has 2 aromatic rings. The Morgan fingerprint density at radius 2 is 2.23 bits per heavy atom. The molecular formula is C17H22N2O2S. The molecule has 2 rings (SSSR count). The lowest BCUT2D eigenvalue weighted by Crippen LogP contribution is -2.30. The fourth-order valence-electron chi connectivity index (χ4n) is 2.33. The van der Waals surface area contributed by atoms with Crippen LogP contribution in [0.25, 0.3) is 10.6 Å². The van der Waals surface area contributed by atoms with Crippen LogP contribution in [0.15, 0.2) is 29.6 Å². The predicted molar refractivity (Wildman–Crippen MR) is 90.1 cm³/mol. The summed E-state index contributed by atoms with van der Waals surface area (Å²) in [5.74, 6) is 0.215. The summed E-state index contributed by atoms with van der Waals surface area (Å²) in [5, 5.41) is 13.9. The molecule has 4 nitrogen and oxygen atoms in total. The minimum atomic E-state index is -0.0980. The van der Waals surface area contributed by atoms with Gasteiger partial charge in [0.2, 0.25) is 0 Å². The van der Waals surface area contributed by atoms with E-state index in [4.69, 9.17) is 5.11 Å². The van der Waals surface area contributed by atoms with Crippen LogP contribution in [0.2, 0.25) is 0 Å². The van der Waals surface area contributed by atoms with E-state index in [-0.39, 0.29) is 12.5 Å². The molecule has 0 bridgehead atoms. The van der Waals surface area contributed by atoms with Crippen LogP contribution in [-0.4, -0.2) is 29.1 Å². The summed E-state index contributed by atoms with van der Waals surface area (Å²) in [5.41, 5.74) is 2.24. The molecule has 0 spiro atoms. The lowest BCUT2D eigenvalue weighted by atomic mass is 10.0. The van der Waals surface area contributed by atoms with E-state index in [1.165, 1.54) is 0 Å². The number of carbonyl (C=O) groups is 1. The summed E-state index contributed by atoms with van der Waals surface area (Å²) in [7, 11) is 0. The largest absolute Gasteiger partial charge is 0.396 e. The number of pyridine rings is 1. The number of nitrogens with one attached hydrogen (secondary N) is 1. The first-order valence-corrected chi connectivity index (χ1v) is 8.44. The van der Waals surface area contributed by atoms with Crippen LogP contribution in [0.1, 0.15) is 35.8 Å². The van der Waals surface area contributed by atoms with E-state index >= 15 is 0 Å². The Balaban J connectivity index is 2.04. The normalized spacial score (nSPS) is 12.1. The molecule has 2 heterocycles. The molecule has 2 aromatic heterocycles. The molecule has 0 aliphatic carbocycles. The molecule has 0 saturated carbocycles. The van der Waals surface area contributed by atoms with Gasteiger partial charge in [-0.15, -0.1) is 11.3 Å².